The Labute approximate surface area is 93.8 Å². The number of hydrogen-bond acceptors (Lipinski definition) is 2. The monoisotopic (exact) mass is 211 g/mol. The molecule has 2 aliphatic rings. The lowest BCUT2D eigenvalue weighted by Gasteiger charge is -2.31. The van der Waals surface area contributed by atoms with E-state index in [1.165, 1.54) is 44.9 Å². The molecule has 0 amide bonds. The molecule has 0 bridgehead atoms. The van der Waals surface area contributed by atoms with Crippen molar-refractivity contribution in [1.82, 2.24) is 5.32 Å². The van der Waals surface area contributed by atoms with E-state index >= 15 is 0 Å². The first-order valence-electron chi connectivity index (χ1n) is 6.58. The van der Waals surface area contributed by atoms with Crippen molar-refractivity contribution >= 4 is 0 Å². The van der Waals surface area contributed by atoms with Crippen LogP contribution >= 0.6 is 0 Å². The van der Waals surface area contributed by atoms with Gasteiger partial charge in [0.15, 0.2) is 0 Å². The molecule has 0 saturated heterocycles. The minimum Gasteiger partial charge on any atom is -0.380 e. The van der Waals surface area contributed by atoms with Crippen molar-refractivity contribution in [2.24, 2.45) is 5.92 Å². The van der Waals surface area contributed by atoms with E-state index in [1.54, 1.807) is 0 Å². The van der Waals surface area contributed by atoms with E-state index in [0.29, 0.717) is 12.1 Å². The summed E-state index contributed by atoms with van der Waals surface area (Å²) in [6.45, 7) is 2.39. The Kier molecular flexibility index (Phi) is 4.04. The second kappa shape index (κ2) is 5.31. The zero-order valence-corrected chi connectivity index (χ0v) is 10.2. The molecule has 15 heavy (non-hydrogen) atoms. The van der Waals surface area contributed by atoms with E-state index in [-0.39, 0.29) is 0 Å². The van der Waals surface area contributed by atoms with E-state index in [9.17, 15) is 0 Å². The van der Waals surface area contributed by atoms with Crippen molar-refractivity contribution in [1.29, 1.82) is 0 Å². The van der Waals surface area contributed by atoms with Gasteiger partial charge in [-0.15, -0.1) is 0 Å². The van der Waals surface area contributed by atoms with Gasteiger partial charge in [-0.25, -0.2) is 0 Å². The molecule has 2 aliphatic carbocycles. The van der Waals surface area contributed by atoms with Gasteiger partial charge in [0, 0.05) is 19.2 Å². The zero-order valence-electron chi connectivity index (χ0n) is 10.2. The average molecular weight is 211 g/mol. The second-order valence-electron chi connectivity index (χ2n) is 5.45. The van der Waals surface area contributed by atoms with Crippen LogP contribution in [0.15, 0.2) is 0 Å². The van der Waals surface area contributed by atoms with Gasteiger partial charge in [0.1, 0.15) is 0 Å². The van der Waals surface area contributed by atoms with Crippen LogP contribution in [0.5, 0.6) is 0 Å². The lowest BCUT2D eigenvalue weighted by Crippen LogP contribution is -2.45. The summed E-state index contributed by atoms with van der Waals surface area (Å²) in [5, 5.41) is 3.82. The highest BCUT2D eigenvalue weighted by atomic mass is 16.5. The summed E-state index contributed by atoms with van der Waals surface area (Å²) in [5.41, 5.74) is 0. The largest absolute Gasteiger partial charge is 0.380 e. The minimum absolute atomic E-state index is 0.474. The smallest absolute Gasteiger partial charge is 0.0724 e. The molecule has 0 aromatic rings. The van der Waals surface area contributed by atoms with Crippen LogP contribution in [0.2, 0.25) is 0 Å². The number of nitrogens with one attached hydrogen (secondary N) is 1. The fourth-order valence-electron chi connectivity index (χ4n) is 3.29. The first-order valence-corrected chi connectivity index (χ1v) is 6.58. The van der Waals surface area contributed by atoms with Gasteiger partial charge in [0.2, 0.25) is 0 Å². The van der Waals surface area contributed by atoms with Gasteiger partial charge in [-0.1, -0.05) is 19.8 Å². The molecule has 4 atom stereocenters. The number of ether oxygens (including phenoxy) is 1. The quantitative estimate of drug-likeness (QED) is 0.775. The third kappa shape index (κ3) is 2.94. The molecule has 2 fully saturated rings. The molecule has 2 rings (SSSR count). The maximum absolute atomic E-state index is 5.53. The van der Waals surface area contributed by atoms with E-state index in [2.05, 4.69) is 12.2 Å². The highest BCUT2D eigenvalue weighted by molar-refractivity contribution is 4.88. The fourth-order valence-corrected chi connectivity index (χ4v) is 3.29. The van der Waals surface area contributed by atoms with E-state index in [4.69, 9.17) is 4.74 Å². The summed E-state index contributed by atoms with van der Waals surface area (Å²) < 4.78 is 5.53. The highest BCUT2D eigenvalue weighted by Gasteiger charge is 2.30. The summed E-state index contributed by atoms with van der Waals surface area (Å²) >= 11 is 0. The van der Waals surface area contributed by atoms with Crippen LogP contribution in [0.4, 0.5) is 0 Å². The van der Waals surface area contributed by atoms with E-state index in [1.807, 2.05) is 7.11 Å². The van der Waals surface area contributed by atoms with Gasteiger partial charge in [-0.3, -0.25) is 0 Å². The van der Waals surface area contributed by atoms with Gasteiger partial charge < -0.3 is 10.1 Å². The minimum atomic E-state index is 0.474. The van der Waals surface area contributed by atoms with Crippen LogP contribution < -0.4 is 5.32 Å². The summed E-state index contributed by atoms with van der Waals surface area (Å²) in [4.78, 5) is 0. The van der Waals surface area contributed by atoms with Crippen molar-refractivity contribution in [2.75, 3.05) is 7.11 Å². The van der Waals surface area contributed by atoms with Crippen LogP contribution in [-0.4, -0.2) is 25.3 Å². The van der Waals surface area contributed by atoms with Gasteiger partial charge in [-0.05, 0) is 38.0 Å². The molecule has 0 aromatic heterocycles. The van der Waals surface area contributed by atoms with E-state index < -0.39 is 0 Å². The standard InChI is InChI=1S/C13H25NO/c1-10-5-3-6-11(9-10)14-12-7-4-8-13(12)15-2/h10-14H,3-9H2,1-2H3. The number of methoxy groups -OCH3 is 1. The van der Waals surface area contributed by atoms with Crippen LogP contribution in [0.3, 0.4) is 0 Å². The Morgan fingerprint density at radius 2 is 1.87 bits per heavy atom. The van der Waals surface area contributed by atoms with Crippen LogP contribution in [0.1, 0.15) is 51.9 Å². The molecule has 2 nitrogen and oxygen atoms in total. The van der Waals surface area contributed by atoms with Crippen molar-refractivity contribution in [3.63, 3.8) is 0 Å². The van der Waals surface area contributed by atoms with Gasteiger partial charge in [-0.2, -0.15) is 0 Å². The zero-order chi connectivity index (χ0) is 10.7. The topological polar surface area (TPSA) is 21.3 Å². The SMILES string of the molecule is COC1CCCC1NC1CCCC(C)C1. The maximum atomic E-state index is 5.53. The predicted molar refractivity (Wildman–Crippen MR) is 63.0 cm³/mol. The van der Waals surface area contributed by atoms with Crippen molar-refractivity contribution in [3.8, 4) is 0 Å². The molecule has 0 heterocycles. The Bertz CT molecular complexity index is 195. The maximum Gasteiger partial charge on any atom is 0.0724 e. The molecule has 2 heteroatoms. The third-order valence-electron chi connectivity index (χ3n) is 4.14. The lowest BCUT2D eigenvalue weighted by atomic mass is 9.86. The first kappa shape index (κ1) is 11.4. The summed E-state index contributed by atoms with van der Waals surface area (Å²) in [7, 11) is 1.86. The molecule has 0 aliphatic heterocycles. The summed E-state index contributed by atoms with van der Waals surface area (Å²) in [6, 6.07) is 1.39. The molecule has 2 saturated carbocycles. The Hall–Kier alpha value is -0.0800. The van der Waals surface area contributed by atoms with Gasteiger partial charge in [0.05, 0.1) is 6.10 Å². The Balaban J connectivity index is 1.80. The normalized spacial score (nSPS) is 42.0. The Morgan fingerprint density at radius 1 is 1.07 bits per heavy atom. The Morgan fingerprint density at radius 3 is 2.60 bits per heavy atom. The number of rotatable bonds is 3. The predicted octanol–water partition coefficient (Wildman–Crippen LogP) is 2.72. The molecular weight excluding hydrogens is 186 g/mol. The number of hydrogen-bond donors (Lipinski definition) is 1. The molecule has 0 aromatic carbocycles. The second-order valence-corrected chi connectivity index (χ2v) is 5.45. The van der Waals surface area contributed by atoms with Crippen LogP contribution in [-0.2, 0) is 4.74 Å². The van der Waals surface area contributed by atoms with Crippen molar-refractivity contribution in [2.45, 2.75) is 70.1 Å². The highest BCUT2D eigenvalue weighted by Crippen LogP contribution is 2.27. The van der Waals surface area contributed by atoms with Crippen LogP contribution in [0, 0.1) is 5.92 Å². The molecule has 88 valence electrons. The molecule has 0 spiro atoms. The van der Waals surface area contributed by atoms with Crippen molar-refractivity contribution < 1.29 is 4.74 Å². The molecule has 4 unspecified atom stereocenters. The average Bonchev–Trinajstić information content (AvgIpc) is 2.65. The molecule has 1 N–H and O–H groups in total. The molecule has 0 radical (unpaired) electrons. The summed E-state index contributed by atoms with van der Waals surface area (Å²) in [5.74, 6) is 0.915. The fraction of sp³-hybridized carbons (Fsp3) is 1.00. The third-order valence-corrected chi connectivity index (χ3v) is 4.14. The summed E-state index contributed by atoms with van der Waals surface area (Å²) in [6.07, 6.45) is 9.93. The molecular formula is C13H25NO. The van der Waals surface area contributed by atoms with Crippen molar-refractivity contribution in [3.05, 3.63) is 0 Å². The van der Waals surface area contributed by atoms with E-state index in [0.717, 1.165) is 12.0 Å². The van der Waals surface area contributed by atoms with Gasteiger partial charge >= 0.3 is 0 Å². The lowest BCUT2D eigenvalue weighted by molar-refractivity contribution is 0.0776. The van der Waals surface area contributed by atoms with Crippen LogP contribution in [0.25, 0.3) is 0 Å². The first-order chi connectivity index (χ1) is 7.29. The van der Waals surface area contributed by atoms with Gasteiger partial charge in [0.25, 0.3) is 0 Å².